The van der Waals surface area contributed by atoms with Gasteiger partial charge in [-0.3, -0.25) is 0 Å². The van der Waals surface area contributed by atoms with E-state index in [0.717, 1.165) is 6.08 Å². The first-order valence-corrected chi connectivity index (χ1v) is 4.11. The van der Waals surface area contributed by atoms with Crippen LogP contribution in [0.5, 0.6) is 0 Å². The van der Waals surface area contributed by atoms with Gasteiger partial charge in [-0.15, -0.1) is 0 Å². The van der Waals surface area contributed by atoms with E-state index in [0.29, 0.717) is 0 Å². The summed E-state index contributed by atoms with van der Waals surface area (Å²) in [5, 5.41) is 0. The van der Waals surface area contributed by atoms with Crippen molar-refractivity contribution in [3.63, 3.8) is 0 Å². The van der Waals surface area contributed by atoms with Crippen LogP contribution in [0.4, 0.5) is 13.2 Å². The lowest BCUT2D eigenvalue weighted by atomic mass is 9.89. The maximum atomic E-state index is 12.2. The smallest absolute Gasteiger partial charge is 0.327 e. The van der Waals surface area contributed by atoms with Crippen molar-refractivity contribution in [3.05, 3.63) is 23.8 Å². The third-order valence-electron chi connectivity index (χ3n) is 2.15. The quantitative estimate of drug-likeness (QED) is 0.676. The molecule has 13 heavy (non-hydrogen) atoms. The van der Waals surface area contributed by atoms with Crippen LogP contribution in [-0.4, -0.2) is 12.2 Å². The molecule has 1 nitrogen and oxygen atoms in total. The van der Waals surface area contributed by atoms with Gasteiger partial charge in [0.1, 0.15) is 0 Å². The molecule has 1 rings (SSSR count). The number of hydrogen-bond acceptors (Lipinski definition) is 1. The van der Waals surface area contributed by atoms with Crippen LogP contribution < -0.4 is 5.73 Å². The van der Waals surface area contributed by atoms with Crippen LogP contribution >= 0.6 is 0 Å². The third-order valence-corrected chi connectivity index (χ3v) is 2.15. The first-order valence-electron chi connectivity index (χ1n) is 4.11. The molecular formula is C9H12F3N. The Balaban J connectivity index is 2.72. The van der Waals surface area contributed by atoms with E-state index in [9.17, 15) is 13.2 Å². The molecule has 0 bridgehead atoms. The molecule has 1 unspecified atom stereocenters. The summed E-state index contributed by atoms with van der Waals surface area (Å²) in [7, 11) is 0. The number of allylic oxidation sites excluding steroid dienone is 3. The normalized spacial score (nSPS) is 25.6. The lowest BCUT2D eigenvalue weighted by Crippen LogP contribution is -2.28. The van der Waals surface area contributed by atoms with E-state index in [1.165, 1.54) is 6.08 Å². The Morgan fingerprint density at radius 2 is 2.15 bits per heavy atom. The second-order valence-electron chi connectivity index (χ2n) is 3.30. The molecule has 0 saturated carbocycles. The van der Waals surface area contributed by atoms with Gasteiger partial charge in [0.2, 0.25) is 0 Å². The number of halogens is 3. The summed E-state index contributed by atoms with van der Waals surface area (Å²) >= 11 is 0. The van der Waals surface area contributed by atoms with Crippen LogP contribution in [0.2, 0.25) is 0 Å². The van der Waals surface area contributed by atoms with Crippen LogP contribution in [0.25, 0.3) is 0 Å². The largest absolute Gasteiger partial charge is 0.412 e. The Kier molecular flexibility index (Phi) is 2.81. The number of rotatable bonds is 1. The third kappa shape index (κ3) is 2.59. The van der Waals surface area contributed by atoms with Crippen molar-refractivity contribution >= 4 is 0 Å². The molecule has 0 spiro atoms. The molecule has 0 aromatic carbocycles. The minimum Gasteiger partial charge on any atom is -0.327 e. The van der Waals surface area contributed by atoms with Crippen LogP contribution in [-0.2, 0) is 0 Å². The first kappa shape index (κ1) is 10.3. The average Bonchev–Trinajstić information content (AvgIpc) is 2.03. The molecule has 2 atom stereocenters. The SMILES string of the molecule is C[C@H](N)C1C=CC=C(C(F)(F)F)C1. The predicted molar refractivity (Wildman–Crippen MR) is 45.0 cm³/mol. The van der Waals surface area contributed by atoms with Crippen molar-refractivity contribution in [2.24, 2.45) is 11.7 Å². The summed E-state index contributed by atoms with van der Waals surface area (Å²) < 4.78 is 36.7. The summed E-state index contributed by atoms with van der Waals surface area (Å²) in [5.74, 6) is -0.193. The van der Waals surface area contributed by atoms with Gasteiger partial charge in [0.25, 0.3) is 0 Å². The monoisotopic (exact) mass is 191 g/mol. The van der Waals surface area contributed by atoms with Gasteiger partial charge in [-0.05, 0) is 19.3 Å². The zero-order valence-corrected chi connectivity index (χ0v) is 7.31. The molecule has 1 aliphatic rings. The molecule has 0 radical (unpaired) electrons. The summed E-state index contributed by atoms with van der Waals surface area (Å²) in [6.07, 6.45) is 0.0503. The predicted octanol–water partition coefficient (Wildman–Crippen LogP) is 2.40. The Bertz CT molecular complexity index is 238. The highest BCUT2D eigenvalue weighted by atomic mass is 19.4. The molecule has 1 aliphatic carbocycles. The second kappa shape index (κ2) is 3.54. The van der Waals surface area contributed by atoms with Gasteiger partial charge in [0.15, 0.2) is 0 Å². The molecule has 0 amide bonds. The molecule has 0 fully saturated rings. The van der Waals surface area contributed by atoms with E-state index in [4.69, 9.17) is 5.73 Å². The molecule has 0 heterocycles. The van der Waals surface area contributed by atoms with Gasteiger partial charge in [-0.1, -0.05) is 18.2 Å². The number of hydrogen-bond donors (Lipinski definition) is 1. The maximum Gasteiger partial charge on any atom is 0.412 e. The topological polar surface area (TPSA) is 26.0 Å². The van der Waals surface area contributed by atoms with E-state index < -0.39 is 11.7 Å². The van der Waals surface area contributed by atoms with E-state index in [1.807, 2.05) is 0 Å². The zero-order chi connectivity index (χ0) is 10.1. The molecule has 74 valence electrons. The lowest BCUT2D eigenvalue weighted by molar-refractivity contribution is -0.0952. The van der Waals surface area contributed by atoms with Crippen molar-refractivity contribution in [2.45, 2.75) is 25.6 Å². The van der Waals surface area contributed by atoms with E-state index in [-0.39, 0.29) is 18.4 Å². The lowest BCUT2D eigenvalue weighted by Gasteiger charge is -2.22. The average molecular weight is 191 g/mol. The highest BCUT2D eigenvalue weighted by molar-refractivity contribution is 5.24. The Labute approximate surface area is 75.1 Å². The second-order valence-corrected chi connectivity index (χ2v) is 3.30. The summed E-state index contributed by atoms with van der Waals surface area (Å²) in [4.78, 5) is 0. The van der Waals surface area contributed by atoms with Crippen molar-refractivity contribution in [2.75, 3.05) is 0 Å². The maximum absolute atomic E-state index is 12.2. The summed E-state index contributed by atoms with van der Waals surface area (Å²) in [6.45, 7) is 1.72. The van der Waals surface area contributed by atoms with Crippen LogP contribution in [0.15, 0.2) is 23.8 Å². The number of nitrogens with two attached hydrogens (primary N) is 1. The van der Waals surface area contributed by atoms with Crippen molar-refractivity contribution in [1.29, 1.82) is 0 Å². The van der Waals surface area contributed by atoms with Gasteiger partial charge in [0.05, 0.1) is 0 Å². The molecule has 0 aliphatic heterocycles. The highest BCUT2D eigenvalue weighted by Crippen LogP contribution is 2.33. The fraction of sp³-hybridized carbons (Fsp3) is 0.556. The van der Waals surface area contributed by atoms with Gasteiger partial charge in [0, 0.05) is 11.6 Å². The molecule has 0 saturated heterocycles. The molecule has 0 aromatic rings. The van der Waals surface area contributed by atoms with E-state index in [2.05, 4.69) is 0 Å². The molecule has 2 N–H and O–H groups in total. The fourth-order valence-corrected chi connectivity index (χ4v) is 1.28. The van der Waals surface area contributed by atoms with E-state index >= 15 is 0 Å². The zero-order valence-electron chi connectivity index (χ0n) is 7.31. The highest BCUT2D eigenvalue weighted by Gasteiger charge is 2.35. The van der Waals surface area contributed by atoms with Crippen LogP contribution in [0, 0.1) is 5.92 Å². The Hall–Kier alpha value is -0.770. The fourth-order valence-electron chi connectivity index (χ4n) is 1.28. The van der Waals surface area contributed by atoms with Gasteiger partial charge in [-0.2, -0.15) is 13.2 Å². The van der Waals surface area contributed by atoms with Crippen molar-refractivity contribution < 1.29 is 13.2 Å². The summed E-state index contributed by atoms with van der Waals surface area (Å²) in [6, 6.07) is -0.234. The van der Waals surface area contributed by atoms with Gasteiger partial charge >= 0.3 is 6.18 Å². The summed E-state index contributed by atoms with van der Waals surface area (Å²) in [5.41, 5.74) is 5.04. The van der Waals surface area contributed by atoms with Gasteiger partial charge < -0.3 is 5.73 Å². The first-order chi connectivity index (χ1) is 5.91. The molecule has 4 heteroatoms. The number of alkyl halides is 3. The Morgan fingerprint density at radius 1 is 1.54 bits per heavy atom. The molecule has 0 aromatic heterocycles. The van der Waals surface area contributed by atoms with Gasteiger partial charge in [-0.25, -0.2) is 0 Å². The van der Waals surface area contributed by atoms with Crippen LogP contribution in [0.1, 0.15) is 13.3 Å². The van der Waals surface area contributed by atoms with E-state index in [1.54, 1.807) is 13.0 Å². The standard InChI is InChI=1S/C9H12F3N/c1-6(13)7-3-2-4-8(5-7)9(10,11)12/h2-4,6-7H,5,13H2,1H3/t6-,7?/m0/s1. The van der Waals surface area contributed by atoms with Crippen LogP contribution in [0.3, 0.4) is 0 Å². The minimum absolute atomic E-state index is 0.00231. The minimum atomic E-state index is -4.21. The Morgan fingerprint density at radius 3 is 2.62 bits per heavy atom. The van der Waals surface area contributed by atoms with Crippen molar-refractivity contribution in [3.8, 4) is 0 Å². The molecular weight excluding hydrogens is 179 g/mol. The van der Waals surface area contributed by atoms with Crippen molar-refractivity contribution in [1.82, 2.24) is 0 Å².